The number of carbonyl (C=O) groups is 2. The van der Waals surface area contributed by atoms with E-state index in [1.54, 1.807) is 31.2 Å². The van der Waals surface area contributed by atoms with E-state index >= 15 is 0 Å². The topological polar surface area (TPSA) is 89.2 Å². The Bertz CT molecular complexity index is 1050. The molecule has 7 heteroatoms. The highest BCUT2D eigenvalue weighted by Gasteiger charge is 2.47. The number of hydrogen-bond acceptors (Lipinski definition) is 6. The average Bonchev–Trinajstić information content (AvgIpc) is 3.29. The number of ether oxygens (including phenoxy) is 2. The molecule has 0 saturated carbocycles. The van der Waals surface area contributed by atoms with E-state index in [9.17, 15) is 14.7 Å². The van der Waals surface area contributed by atoms with Crippen molar-refractivity contribution in [1.82, 2.24) is 4.90 Å². The molecule has 2 aromatic rings. The minimum absolute atomic E-state index is 0.00978. The number of furan rings is 1. The van der Waals surface area contributed by atoms with Crippen LogP contribution in [0, 0.1) is 6.92 Å². The first-order chi connectivity index (χ1) is 15.6. The van der Waals surface area contributed by atoms with Crippen LogP contribution in [0.2, 0.25) is 0 Å². The van der Waals surface area contributed by atoms with Crippen LogP contribution in [0.3, 0.4) is 0 Å². The molecular weight excluding hydrogens is 422 g/mol. The molecule has 1 fully saturated rings. The van der Waals surface area contributed by atoms with Gasteiger partial charge in [0.25, 0.3) is 11.7 Å². The fourth-order valence-corrected chi connectivity index (χ4v) is 3.98. The van der Waals surface area contributed by atoms with Gasteiger partial charge in [0.15, 0.2) is 0 Å². The van der Waals surface area contributed by atoms with Crippen molar-refractivity contribution in [3.63, 3.8) is 0 Å². The smallest absolute Gasteiger partial charge is 0.295 e. The van der Waals surface area contributed by atoms with Gasteiger partial charge in [-0.15, -0.1) is 0 Å². The maximum Gasteiger partial charge on any atom is 0.295 e. The van der Waals surface area contributed by atoms with E-state index in [0.717, 1.165) is 11.3 Å². The molecule has 1 atom stereocenters. The zero-order valence-electron chi connectivity index (χ0n) is 20.2. The van der Waals surface area contributed by atoms with Crippen molar-refractivity contribution < 1.29 is 28.6 Å². The van der Waals surface area contributed by atoms with Crippen LogP contribution in [0.15, 0.2) is 40.3 Å². The van der Waals surface area contributed by atoms with Crippen LogP contribution in [0.25, 0.3) is 5.76 Å². The monoisotopic (exact) mass is 455 g/mol. The number of rotatable bonds is 9. The standard InChI is InChI=1S/C26H33NO6/c1-7-31-20-11-9-18(14-19(20)15(2)3)24(28)22-23(21-10-8-17(6)33-21)27(26(30)25(22)29)12-13-32-16(4)5/h8-11,14-16,23,28H,7,12-13H2,1-6H3/b24-22-. The molecule has 0 radical (unpaired) electrons. The van der Waals surface area contributed by atoms with Gasteiger partial charge in [0, 0.05) is 12.1 Å². The van der Waals surface area contributed by atoms with Gasteiger partial charge in [-0.3, -0.25) is 9.59 Å². The molecule has 1 aliphatic rings. The molecule has 0 spiro atoms. The lowest BCUT2D eigenvalue weighted by molar-refractivity contribution is -0.140. The molecule has 3 rings (SSSR count). The van der Waals surface area contributed by atoms with E-state index in [0.29, 0.717) is 23.7 Å². The molecule has 2 heterocycles. The fraction of sp³-hybridized carbons (Fsp3) is 0.462. The number of benzene rings is 1. The first kappa shape index (κ1) is 24.6. The first-order valence-electron chi connectivity index (χ1n) is 11.4. The van der Waals surface area contributed by atoms with Gasteiger partial charge in [0.2, 0.25) is 0 Å². The number of Topliss-reactive ketones (excluding diaryl/α,β-unsaturated/α-hetero) is 1. The highest BCUT2D eigenvalue weighted by Crippen LogP contribution is 2.40. The predicted octanol–water partition coefficient (Wildman–Crippen LogP) is 4.96. The summed E-state index contributed by atoms with van der Waals surface area (Å²) in [6, 6.07) is 7.97. The Balaban J connectivity index is 2.10. The van der Waals surface area contributed by atoms with Crippen molar-refractivity contribution in [3.05, 3.63) is 58.6 Å². The highest BCUT2D eigenvalue weighted by molar-refractivity contribution is 6.46. The Kier molecular flexibility index (Phi) is 7.64. The van der Waals surface area contributed by atoms with Crippen molar-refractivity contribution in [1.29, 1.82) is 0 Å². The van der Waals surface area contributed by atoms with Gasteiger partial charge in [0.1, 0.15) is 29.1 Å². The summed E-state index contributed by atoms with van der Waals surface area (Å²) in [5.41, 5.74) is 1.37. The molecule has 1 saturated heterocycles. The lowest BCUT2D eigenvalue weighted by Crippen LogP contribution is -2.33. The Morgan fingerprint density at radius 1 is 1.15 bits per heavy atom. The van der Waals surface area contributed by atoms with Gasteiger partial charge in [-0.2, -0.15) is 0 Å². The molecule has 1 aliphatic heterocycles. The molecule has 178 valence electrons. The van der Waals surface area contributed by atoms with Crippen LogP contribution in [0.5, 0.6) is 5.75 Å². The molecule has 1 aromatic heterocycles. The van der Waals surface area contributed by atoms with Gasteiger partial charge < -0.3 is 23.9 Å². The summed E-state index contributed by atoms with van der Waals surface area (Å²) in [6.07, 6.45) is -0.00978. The van der Waals surface area contributed by atoms with E-state index < -0.39 is 17.7 Å². The number of carbonyl (C=O) groups excluding carboxylic acids is 2. The molecule has 0 aliphatic carbocycles. The summed E-state index contributed by atoms with van der Waals surface area (Å²) in [7, 11) is 0. The Labute approximate surface area is 195 Å². The number of hydrogen-bond donors (Lipinski definition) is 1. The van der Waals surface area contributed by atoms with Crippen molar-refractivity contribution in [2.24, 2.45) is 0 Å². The van der Waals surface area contributed by atoms with Gasteiger partial charge in [-0.05, 0) is 69.5 Å². The quantitative estimate of drug-likeness (QED) is 0.327. The lowest BCUT2D eigenvalue weighted by Gasteiger charge is -2.24. The van der Waals surface area contributed by atoms with Crippen LogP contribution >= 0.6 is 0 Å². The zero-order valence-corrected chi connectivity index (χ0v) is 20.2. The second-order valence-corrected chi connectivity index (χ2v) is 8.70. The third-order valence-corrected chi connectivity index (χ3v) is 5.56. The van der Waals surface area contributed by atoms with E-state index in [1.807, 2.05) is 40.7 Å². The molecular formula is C26H33NO6. The maximum absolute atomic E-state index is 13.1. The van der Waals surface area contributed by atoms with E-state index in [1.165, 1.54) is 4.90 Å². The number of nitrogens with zero attached hydrogens (tertiary/aromatic N) is 1. The summed E-state index contributed by atoms with van der Waals surface area (Å²) in [6.45, 7) is 12.5. The van der Waals surface area contributed by atoms with Crippen molar-refractivity contribution in [3.8, 4) is 5.75 Å². The molecule has 1 unspecified atom stereocenters. The minimum Gasteiger partial charge on any atom is -0.507 e. The summed E-state index contributed by atoms with van der Waals surface area (Å²) >= 11 is 0. The van der Waals surface area contributed by atoms with E-state index in [-0.39, 0.29) is 36.5 Å². The normalized spacial score (nSPS) is 18.1. The SMILES string of the molecule is CCOc1ccc(/C(O)=C2/C(=O)C(=O)N(CCOC(C)C)C2c2ccc(C)o2)cc1C(C)C. The molecule has 1 amide bonds. The van der Waals surface area contributed by atoms with Crippen molar-refractivity contribution in [2.75, 3.05) is 19.8 Å². The Hall–Kier alpha value is -3.06. The van der Waals surface area contributed by atoms with Crippen LogP contribution < -0.4 is 4.74 Å². The van der Waals surface area contributed by atoms with Crippen LogP contribution in [-0.2, 0) is 14.3 Å². The van der Waals surface area contributed by atoms with Crippen molar-refractivity contribution in [2.45, 2.75) is 59.6 Å². The molecule has 1 aromatic carbocycles. The van der Waals surface area contributed by atoms with Crippen LogP contribution in [-0.4, -0.2) is 47.6 Å². The number of aliphatic hydroxyl groups is 1. The highest BCUT2D eigenvalue weighted by atomic mass is 16.5. The third kappa shape index (κ3) is 5.14. The number of likely N-dealkylation sites (tertiary alicyclic amines) is 1. The van der Waals surface area contributed by atoms with Crippen LogP contribution in [0.4, 0.5) is 0 Å². The van der Waals surface area contributed by atoms with Gasteiger partial charge in [-0.1, -0.05) is 13.8 Å². The summed E-state index contributed by atoms with van der Waals surface area (Å²) in [5, 5.41) is 11.3. The number of amides is 1. The Morgan fingerprint density at radius 2 is 1.88 bits per heavy atom. The molecule has 1 N–H and O–H groups in total. The van der Waals surface area contributed by atoms with Gasteiger partial charge in [-0.25, -0.2) is 0 Å². The van der Waals surface area contributed by atoms with Gasteiger partial charge in [0.05, 0.1) is 24.9 Å². The fourth-order valence-electron chi connectivity index (χ4n) is 3.98. The minimum atomic E-state index is -0.830. The second kappa shape index (κ2) is 10.3. The lowest BCUT2D eigenvalue weighted by atomic mass is 9.95. The van der Waals surface area contributed by atoms with E-state index in [2.05, 4.69) is 0 Å². The maximum atomic E-state index is 13.1. The van der Waals surface area contributed by atoms with Crippen LogP contribution in [0.1, 0.15) is 69.2 Å². The largest absolute Gasteiger partial charge is 0.507 e. The third-order valence-electron chi connectivity index (χ3n) is 5.56. The number of ketones is 1. The first-order valence-corrected chi connectivity index (χ1v) is 11.4. The Morgan fingerprint density at radius 3 is 2.45 bits per heavy atom. The average molecular weight is 456 g/mol. The van der Waals surface area contributed by atoms with E-state index in [4.69, 9.17) is 13.9 Å². The van der Waals surface area contributed by atoms with Crippen molar-refractivity contribution >= 4 is 17.4 Å². The zero-order chi connectivity index (χ0) is 24.3. The summed E-state index contributed by atoms with van der Waals surface area (Å²) < 4.78 is 17.1. The van der Waals surface area contributed by atoms with Gasteiger partial charge >= 0.3 is 0 Å². The molecule has 33 heavy (non-hydrogen) atoms. The number of aryl methyl sites for hydroxylation is 1. The predicted molar refractivity (Wildman–Crippen MR) is 125 cm³/mol. The summed E-state index contributed by atoms with van der Waals surface area (Å²) in [5.74, 6) is 0.288. The molecule has 0 bridgehead atoms. The summed E-state index contributed by atoms with van der Waals surface area (Å²) in [4.78, 5) is 27.4. The molecule has 7 nitrogen and oxygen atoms in total. The number of aliphatic hydroxyl groups excluding tert-OH is 1. The second-order valence-electron chi connectivity index (χ2n) is 8.70.